The fraction of sp³-hybridized carbons (Fsp3) is 0.375. The molecule has 0 aliphatic carbocycles. The molecular weight excluding hydrogens is 316 g/mol. The number of carbonyl (C=O) groups excluding carboxylic acids is 1. The van der Waals surface area contributed by atoms with Gasteiger partial charge in [0.1, 0.15) is 0 Å². The van der Waals surface area contributed by atoms with Crippen molar-refractivity contribution in [1.82, 2.24) is 10.2 Å². The van der Waals surface area contributed by atoms with Crippen molar-refractivity contribution < 1.29 is 9.53 Å². The largest absolute Gasteiger partial charge is 0.378 e. The van der Waals surface area contributed by atoms with Crippen molar-refractivity contribution in [3.63, 3.8) is 0 Å². The van der Waals surface area contributed by atoms with Gasteiger partial charge in [0, 0.05) is 18.8 Å². The van der Waals surface area contributed by atoms with Crippen molar-refractivity contribution >= 4 is 28.9 Å². The van der Waals surface area contributed by atoms with Gasteiger partial charge < -0.3 is 15.0 Å². The number of aryl methyl sites for hydroxylation is 1. The van der Waals surface area contributed by atoms with Crippen LogP contribution in [0.3, 0.4) is 0 Å². The highest BCUT2D eigenvalue weighted by Crippen LogP contribution is 2.34. The first-order valence-electron chi connectivity index (χ1n) is 7.55. The summed E-state index contributed by atoms with van der Waals surface area (Å²) in [7, 11) is 0. The Balaban J connectivity index is 1.76. The van der Waals surface area contributed by atoms with Gasteiger partial charge in [-0.25, -0.2) is 0 Å². The summed E-state index contributed by atoms with van der Waals surface area (Å²) >= 11 is 6.36. The van der Waals surface area contributed by atoms with Crippen molar-refractivity contribution in [2.24, 2.45) is 0 Å². The number of H-pyrrole nitrogens is 1. The van der Waals surface area contributed by atoms with Crippen LogP contribution < -0.4 is 10.2 Å². The highest BCUT2D eigenvalue weighted by atomic mass is 35.5. The minimum absolute atomic E-state index is 0.117. The maximum atomic E-state index is 12.3. The molecule has 2 N–H and O–H groups in total. The van der Waals surface area contributed by atoms with Crippen molar-refractivity contribution in [3.8, 4) is 0 Å². The zero-order valence-corrected chi connectivity index (χ0v) is 13.7. The Morgan fingerprint density at radius 1 is 1.43 bits per heavy atom. The van der Waals surface area contributed by atoms with E-state index in [4.69, 9.17) is 16.3 Å². The third-order valence-electron chi connectivity index (χ3n) is 3.69. The molecule has 1 aliphatic rings. The number of anilines is 2. The standard InChI is InChI=1S/C16H19ClN4O2/c1-11-9-12(20-19-11)10-15(22)18-14-4-2-3-13(17)16(14)21-5-7-23-8-6-21/h2-4,9H,5-8,10H2,1H3,(H,18,22)(H,19,20). The molecule has 0 spiro atoms. The van der Waals surface area contributed by atoms with E-state index in [2.05, 4.69) is 20.4 Å². The molecule has 0 radical (unpaired) electrons. The molecule has 3 rings (SSSR count). The van der Waals surface area contributed by atoms with Gasteiger partial charge in [-0.05, 0) is 25.1 Å². The Labute approximate surface area is 139 Å². The Bertz CT molecular complexity index is 695. The molecule has 23 heavy (non-hydrogen) atoms. The second-order valence-corrected chi connectivity index (χ2v) is 5.91. The van der Waals surface area contributed by atoms with Gasteiger partial charge in [0.05, 0.1) is 41.7 Å². The fourth-order valence-corrected chi connectivity index (χ4v) is 2.94. The maximum absolute atomic E-state index is 12.3. The number of hydrogen-bond donors (Lipinski definition) is 2. The van der Waals surface area contributed by atoms with Crippen LogP contribution in [0.5, 0.6) is 0 Å². The maximum Gasteiger partial charge on any atom is 0.230 e. The zero-order valence-electron chi connectivity index (χ0n) is 12.9. The first-order valence-corrected chi connectivity index (χ1v) is 7.93. The van der Waals surface area contributed by atoms with Crippen LogP contribution >= 0.6 is 11.6 Å². The van der Waals surface area contributed by atoms with E-state index in [-0.39, 0.29) is 12.3 Å². The second-order valence-electron chi connectivity index (χ2n) is 5.50. The van der Waals surface area contributed by atoms with Crippen molar-refractivity contribution in [3.05, 3.63) is 40.7 Å². The van der Waals surface area contributed by atoms with Crippen molar-refractivity contribution in [1.29, 1.82) is 0 Å². The molecule has 1 aromatic heterocycles. The number of aromatic amines is 1. The Kier molecular flexibility index (Phi) is 4.83. The predicted molar refractivity (Wildman–Crippen MR) is 90.1 cm³/mol. The summed E-state index contributed by atoms with van der Waals surface area (Å²) in [6.45, 7) is 4.73. The second kappa shape index (κ2) is 7.02. The van der Waals surface area contributed by atoms with Gasteiger partial charge >= 0.3 is 0 Å². The van der Waals surface area contributed by atoms with Crippen molar-refractivity contribution in [2.75, 3.05) is 36.5 Å². The molecule has 1 aromatic carbocycles. The summed E-state index contributed by atoms with van der Waals surface area (Å²) in [6.07, 6.45) is 0.222. The Hall–Kier alpha value is -2.05. The molecule has 1 saturated heterocycles. The Morgan fingerprint density at radius 2 is 2.22 bits per heavy atom. The molecule has 1 aliphatic heterocycles. The molecule has 7 heteroatoms. The third kappa shape index (κ3) is 3.83. The van der Waals surface area contributed by atoms with Gasteiger partial charge in [-0.3, -0.25) is 9.89 Å². The molecule has 2 aromatic rings. The van der Waals surface area contributed by atoms with Crippen LogP contribution in [0, 0.1) is 6.92 Å². The zero-order chi connectivity index (χ0) is 16.2. The summed E-state index contributed by atoms with van der Waals surface area (Å²) in [6, 6.07) is 7.39. The monoisotopic (exact) mass is 334 g/mol. The number of rotatable bonds is 4. The van der Waals surface area contributed by atoms with Crippen molar-refractivity contribution in [2.45, 2.75) is 13.3 Å². The number of nitrogens with one attached hydrogen (secondary N) is 2. The number of morpholine rings is 1. The fourth-order valence-electron chi connectivity index (χ4n) is 2.65. The molecular formula is C16H19ClN4O2. The quantitative estimate of drug-likeness (QED) is 0.900. The number of halogens is 1. The number of amides is 1. The summed E-state index contributed by atoms with van der Waals surface area (Å²) in [5, 5.41) is 10.5. The number of nitrogens with zero attached hydrogens (tertiary/aromatic N) is 2. The first-order chi connectivity index (χ1) is 11.1. The minimum atomic E-state index is -0.117. The molecule has 1 amide bonds. The lowest BCUT2D eigenvalue weighted by Crippen LogP contribution is -2.37. The average molecular weight is 335 g/mol. The van der Waals surface area contributed by atoms with Crippen LogP contribution in [0.4, 0.5) is 11.4 Å². The van der Waals surface area contributed by atoms with Gasteiger partial charge in [0.2, 0.25) is 5.91 Å². The number of hydrogen-bond acceptors (Lipinski definition) is 4. The minimum Gasteiger partial charge on any atom is -0.378 e. The third-order valence-corrected chi connectivity index (χ3v) is 3.99. The average Bonchev–Trinajstić information content (AvgIpc) is 2.93. The first kappa shape index (κ1) is 15.8. The summed E-state index contributed by atoms with van der Waals surface area (Å²) in [5.74, 6) is -0.117. The molecule has 0 bridgehead atoms. The van der Waals surface area contributed by atoms with Gasteiger partial charge in [-0.15, -0.1) is 0 Å². The molecule has 6 nitrogen and oxygen atoms in total. The molecule has 0 unspecified atom stereocenters. The topological polar surface area (TPSA) is 70.2 Å². The van der Waals surface area contributed by atoms with E-state index in [1.165, 1.54) is 0 Å². The summed E-state index contributed by atoms with van der Waals surface area (Å²) < 4.78 is 5.38. The van der Waals surface area contributed by atoms with Crippen LogP contribution in [0.25, 0.3) is 0 Å². The number of carbonyl (C=O) groups is 1. The van der Waals surface area contributed by atoms with E-state index in [9.17, 15) is 4.79 Å². The summed E-state index contributed by atoms with van der Waals surface area (Å²) in [4.78, 5) is 14.4. The van der Waals surface area contributed by atoms with Crippen LogP contribution in [0.15, 0.2) is 24.3 Å². The highest BCUT2D eigenvalue weighted by Gasteiger charge is 2.19. The molecule has 0 saturated carbocycles. The number of benzene rings is 1. The van der Waals surface area contributed by atoms with Gasteiger partial charge in [0.15, 0.2) is 0 Å². The van der Waals surface area contributed by atoms with E-state index < -0.39 is 0 Å². The Morgan fingerprint density at radius 3 is 2.91 bits per heavy atom. The van der Waals surface area contributed by atoms with E-state index in [1.54, 1.807) is 0 Å². The molecule has 1 fully saturated rings. The van der Waals surface area contributed by atoms with E-state index >= 15 is 0 Å². The number of ether oxygens (including phenoxy) is 1. The van der Waals surface area contributed by atoms with E-state index in [1.807, 2.05) is 31.2 Å². The SMILES string of the molecule is Cc1cc(CC(=O)Nc2cccc(Cl)c2N2CCOCC2)n[nH]1. The summed E-state index contributed by atoms with van der Waals surface area (Å²) in [5.41, 5.74) is 3.22. The van der Waals surface area contributed by atoms with E-state index in [0.717, 1.165) is 35.9 Å². The molecule has 0 atom stereocenters. The lowest BCUT2D eigenvalue weighted by molar-refractivity contribution is -0.115. The smallest absolute Gasteiger partial charge is 0.230 e. The predicted octanol–water partition coefficient (Wildman–Crippen LogP) is 2.39. The van der Waals surface area contributed by atoms with Gasteiger partial charge in [-0.1, -0.05) is 17.7 Å². The van der Waals surface area contributed by atoms with Crippen LogP contribution in [0.1, 0.15) is 11.4 Å². The lowest BCUT2D eigenvalue weighted by atomic mass is 10.2. The van der Waals surface area contributed by atoms with Crippen LogP contribution in [-0.2, 0) is 16.0 Å². The lowest BCUT2D eigenvalue weighted by Gasteiger charge is -2.31. The van der Waals surface area contributed by atoms with E-state index in [0.29, 0.717) is 18.2 Å². The normalized spacial score (nSPS) is 14.8. The highest BCUT2D eigenvalue weighted by molar-refractivity contribution is 6.34. The molecule has 2 heterocycles. The number of para-hydroxylation sites is 1. The molecule has 122 valence electrons. The van der Waals surface area contributed by atoms with Crippen LogP contribution in [-0.4, -0.2) is 42.4 Å². The van der Waals surface area contributed by atoms with Crippen LogP contribution in [0.2, 0.25) is 5.02 Å². The van der Waals surface area contributed by atoms with Gasteiger partial charge in [0.25, 0.3) is 0 Å². The number of aromatic nitrogens is 2. The van der Waals surface area contributed by atoms with Gasteiger partial charge in [-0.2, -0.15) is 5.10 Å².